The van der Waals surface area contributed by atoms with Gasteiger partial charge in [0.15, 0.2) is 0 Å². The average molecular weight is 528 g/mol. The van der Waals surface area contributed by atoms with Crippen LogP contribution >= 0.6 is 0 Å². The molecule has 0 bridgehead atoms. The number of nitrogens with one attached hydrogen (secondary N) is 1. The first kappa shape index (κ1) is 28.9. The second-order valence-corrected chi connectivity index (χ2v) is 12.3. The van der Waals surface area contributed by atoms with Crippen LogP contribution in [-0.4, -0.2) is 72.2 Å². The van der Waals surface area contributed by atoms with Crippen molar-refractivity contribution in [3.05, 3.63) is 23.8 Å². The number of aliphatic hydroxyl groups excluding tert-OH is 1. The molecule has 3 aliphatic rings. The highest BCUT2D eigenvalue weighted by Crippen LogP contribution is 2.31. The molecular weight excluding hydrogens is 478 g/mol. The number of fused-ring (bicyclic) bond motifs is 1. The van der Waals surface area contributed by atoms with Gasteiger partial charge in [-0.1, -0.05) is 45.4 Å². The molecular formula is C31H49N3O4. The minimum absolute atomic E-state index is 0.0183. The molecule has 2 amide bonds. The molecule has 1 aromatic carbocycles. The van der Waals surface area contributed by atoms with Crippen LogP contribution in [0.5, 0.6) is 5.75 Å². The molecule has 0 radical (unpaired) electrons. The van der Waals surface area contributed by atoms with Crippen LogP contribution in [0.25, 0.3) is 0 Å². The zero-order valence-corrected chi connectivity index (χ0v) is 23.8. The number of amides is 2. The second kappa shape index (κ2) is 13.8. The molecule has 1 aliphatic heterocycles. The highest BCUT2D eigenvalue weighted by atomic mass is 16.5. The van der Waals surface area contributed by atoms with Crippen LogP contribution in [0.3, 0.4) is 0 Å². The first-order valence-corrected chi connectivity index (χ1v) is 15.0. The Morgan fingerprint density at radius 3 is 2.47 bits per heavy atom. The highest BCUT2D eigenvalue weighted by Gasteiger charge is 2.32. The molecule has 38 heavy (non-hydrogen) atoms. The van der Waals surface area contributed by atoms with E-state index in [1.54, 1.807) is 0 Å². The molecule has 3 atom stereocenters. The van der Waals surface area contributed by atoms with Gasteiger partial charge in [0.25, 0.3) is 0 Å². The van der Waals surface area contributed by atoms with Gasteiger partial charge < -0.3 is 25.0 Å². The average Bonchev–Trinajstić information content (AvgIpc) is 2.97. The van der Waals surface area contributed by atoms with Gasteiger partial charge in [-0.05, 0) is 63.8 Å². The van der Waals surface area contributed by atoms with Crippen LogP contribution in [0.4, 0.5) is 5.69 Å². The van der Waals surface area contributed by atoms with Gasteiger partial charge in [-0.3, -0.25) is 9.59 Å². The Bertz CT molecular complexity index is 926. The summed E-state index contributed by atoms with van der Waals surface area (Å²) < 4.78 is 6.68. The second-order valence-electron chi connectivity index (χ2n) is 12.3. The number of rotatable bonds is 8. The van der Waals surface area contributed by atoms with Gasteiger partial charge in [0.05, 0.1) is 19.1 Å². The number of anilines is 1. The molecule has 2 fully saturated rings. The van der Waals surface area contributed by atoms with Gasteiger partial charge >= 0.3 is 0 Å². The molecule has 7 heteroatoms. The summed E-state index contributed by atoms with van der Waals surface area (Å²) in [5.41, 5.74) is 1.51. The quantitative estimate of drug-likeness (QED) is 0.504. The van der Waals surface area contributed by atoms with Crippen molar-refractivity contribution in [2.24, 2.45) is 17.8 Å². The summed E-state index contributed by atoms with van der Waals surface area (Å²) in [6, 6.07) is 5.48. The van der Waals surface area contributed by atoms with Crippen LogP contribution in [0, 0.1) is 17.8 Å². The van der Waals surface area contributed by atoms with Crippen molar-refractivity contribution in [3.63, 3.8) is 0 Å². The molecule has 2 saturated carbocycles. The number of hydrogen-bond donors (Lipinski definition) is 2. The van der Waals surface area contributed by atoms with E-state index in [-0.39, 0.29) is 48.8 Å². The van der Waals surface area contributed by atoms with Gasteiger partial charge in [-0.15, -0.1) is 0 Å². The highest BCUT2D eigenvalue weighted by molar-refractivity contribution is 5.93. The third-order valence-corrected chi connectivity index (χ3v) is 8.95. The molecule has 1 heterocycles. The van der Waals surface area contributed by atoms with E-state index in [1.165, 1.54) is 38.5 Å². The molecule has 4 rings (SSSR count). The van der Waals surface area contributed by atoms with Crippen molar-refractivity contribution in [2.75, 3.05) is 38.6 Å². The van der Waals surface area contributed by atoms with E-state index in [1.807, 2.05) is 30.0 Å². The number of nitrogens with zero attached hydrogens (tertiary/aromatic N) is 2. The number of likely N-dealkylation sites (N-methyl/N-ethyl adjacent to an activating group) is 1. The topological polar surface area (TPSA) is 82.1 Å². The largest absolute Gasteiger partial charge is 0.488 e. The van der Waals surface area contributed by atoms with Crippen molar-refractivity contribution in [3.8, 4) is 5.75 Å². The normalized spacial score (nSPS) is 24.7. The van der Waals surface area contributed by atoms with Crippen molar-refractivity contribution in [2.45, 2.75) is 96.6 Å². The number of ether oxygens (including phenoxy) is 1. The fraction of sp³-hybridized carbons (Fsp3) is 0.742. The maximum absolute atomic E-state index is 13.5. The number of benzene rings is 1. The standard InChI is InChI=1S/C31H49N3O4/c1-22-18-34(23(2)21-35)30(36)17-26-16-27(32-31(37)25-12-8-5-9-13-25)14-15-28(26)38-29(22)20-33(3)19-24-10-6-4-7-11-24/h14-16,22-25,29,35H,4-13,17-21H2,1-3H3,(H,32,37)/t22-,23+,29-/m1/s1. The predicted molar refractivity (Wildman–Crippen MR) is 151 cm³/mol. The van der Waals surface area contributed by atoms with E-state index < -0.39 is 0 Å². The Hall–Kier alpha value is -2.12. The van der Waals surface area contributed by atoms with E-state index in [9.17, 15) is 14.7 Å². The van der Waals surface area contributed by atoms with Gasteiger partial charge in [0.1, 0.15) is 11.9 Å². The first-order valence-electron chi connectivity index (χ1n) is 15.0. The van der Waals surface area contributed by atoms with E-state index >= 15 is 0 Å². The van der Waals surface area contributed by atoms with Gasteiger partial charge in [-0.25, -0.2) is 0 Å². The predicted octanol–water partition coefficient (Wildman–Crippen LogP) is 4.87. The van der Waals surface area contributed by atoms with Gasteiger partial charge in [0, 0.05) is 42.7 Å². The summed E-state index contributed by atoms with van der Waals surface area (Å²) in [4.78, 5) is 30.6. The molecule has 2 N–H and O–H groups in total. The zero-order chi connectivity index (χ0) is 27.1. The lowest BCUT2D eigenvalue weighted by Crippen LogP contribution is -2.48. The molecule has 1 aromatic rings. The Balaban J connectivity index is 1.53. The molecule has 212 valence electrons. The number of carbonyl (C=O) groups excluding carboxylic acids is 2. The van der Waals surface area contributed by atoms with Crippen LogP contribution in [0.2, 0.25) is 0 Å². The maximum Gasteiger partial charge on any atom is 0.227 e. The maximum atomic E-state index is 13.5. The summed E-state index contributed by atoms with van der Waals surface area (Å²) in [6.07, 6.45) is 12.0. The third-order valence-electron chi connectivity index (χ3n) is 8.95. The fourth-order valence-corrected chi connectivity index (χ4v) is 6.53. The molecule has 0 unspecified atom stereocenters. The van der Waals surface area contributed by atoms with E-state index in [0.29, 0.717) is 6.54 Å². The molecule has 2 aliphatic carbocycles. The molecule has 7 nitrogen and oxygen atoms in total. The molecule has 0 aromatic heterocycles. The Morgan fingerprint density at radius 2 is 1.79 bits per heavy atom. The Morgan fingerprint density at radius 1 is 1.11 bits per heavy atom. The lowest BCUT2D eigenvalue weighted by molar-refractivity contribution is -0.134. The smallest absolute Gasteiger partial charge is 0.227 e. The number of carbonyl (C=O) groups is 2. The van der Waals surface area contributed by atoms with Crippen LogP contribution in [0.15, 0.2) is 18.2 Å². The fourth-order valence-electron chi connectivity index (χ4n) is 6.53. The summed E-state index contributed by atoms with van der Waals surface area (Å²) in [5.74, 6) is 1.68. The summed E-state index contributed by atoms with van der Waals surface area (Å²) in [7, 11) is 2.18. The van der Waals surface area contributed by atoms with Crippen LogP contribution < -0.4 is 10.1 Å². The lowest BCUT2D eigenvalue weighted by atomic mass is 9.88. The monoisotopic (exact) mass is 527 g/mol. The van der Waals surface area contributed by atoms with E-state index in [4.69, 9.17) is 4.74 Å². The van der Waals surface area contributed by atoms with E-state index in [2.05, 4.69) is 24.2 Å². The summed E-state index contributed by atoms with van der Waals surface area (Å²) >= 11 is 0. The van der Waals surface area contributed by atoms with Crippen LogP contribution in [-0.2, 0) is 16.0 Å². The minimum Gasteiger partial charge on any atom is -0.488 e. The van der Waals surface area contributed by atoms with Crippen molar-refractivity contribution in [1.29, 1.82) is 0 Å². The summed E-state index contributed by atoms with van der Waals surface area (Å²) in [5, 5.41) is 13.0. The number of hydrogen-bond acceptors (Lipinski definition) is 5. The van der Waals surface area contributed by atoms with Gasteiger partial charge in [0.2, 0.25) is 11.8 Å². The van der Waals surface area contributed by atoms with Crippen LogP contribution in [0.1, 0.15) is 83.6 Å². The Kier molecular flexibility index (Phi) is 10.5. The van der Waals surface area contributed by atoms with E-state index in [0.717, 1.165) is 61.7 Å². The minimum atomic E-state index is -0.263. The first-order chi connectivity index (χ1) is 18.3. The van der Waals surface area contributed by atoms with Crippen molar-refractivity contribution < 1.29 is 19.4 Å². The third kappa shape index (κ3) is 7.72. The van der Waals surface area contributed by atoms with Gasteiger partial charge in [-0.2, -0.15) is 0 Å². The Labute approximate surface area is 229 Å². The van der Waals surface area contributed by atoms with Crippen molar-refractivity contribution in [1.82, 2.24) is 9.80 Å². The zero-order valence-electron chi connectivity index (χ0n) is 23.8. The summed E-state index contributed by atoms with van der Waals surface area (Å²) in [6.45, 7) is 6.37. The number of aliphatic hydroxyl groups is 1. The van der Waals surface area contributed by atoms with Crippen molar-refractivity contribution >= 4 is 17.5 Å². The molecule has 0 saturated heterocycles. The molecule has 0 spiro atoms. The lowest BCUT2D eigenvalue weighted by Gasteiger charge is -2.35. The SMILES string of the molecule is C[C@@H]1CN([C@@H](C)CO)C(=O)Cc2cc(NC(=O)C3CCCCC3)ccc2O[C@@H]1CN(C)CC1CCCCC1.